The number of benzene rings is 8. The van der Waals surface area contributed by atoms with Gasteiger partial charge in [-0.25, -0.2) is 4.98 Å². The van der Waals surface area contributed by atoms with Crippen LogP contribution in [0.5, 0.6) is 0 Å². The molecule has 2 heterocycles. The minimum atomic E-state index is -0.616. The summed E-state index contributed by atoms with van der Waals surface area (Å²) in [7, 11) is 0. The quantitative estimate of drug-likeness (QED) is 0.161. The van der Waals surface area contributed by atoms with Crippen molar-refractivity contribution in [3.63, 3.8) is 0 Å². The molecule has 1 aliphatic rings. The maximum absolute atomic E-state index is 5.78. The summed E-state index contributed by atoms with van der Waals surface area (Å²) in [6.07, 6.45) is 0. The zero-order valence-corrected chi connectivity index (χ0v) is 41.5. The molecule has 0 saturated heterocycles. The van der Waals surface area contributed by atoms with Gasteiger partial charge in [-0.05, 0) is 90.2 Å². The minimum Gasteiger partial charge on any atom is -0.656 e. The Hall–Kier alpha value is -6.28. The summed E-state index contributed by atoms with van der Waals surface area (Å²) < 4.78 is 2.36. The molecular formula is C62H54N3Pt-3. The van der Waals surface area contributed by atoms with Gasteiger partial charge in [-0.15, -0.1) is 52.0 Å². The van der Waals surface area contributed by atoms with E-state index in [4.69, 9.17) is 9.97 Å². The van der Waals surface area contributed by atoms with Gasteiger partial charge in [0.2, 0.25) is 0 Å². The Bertz CT molecular complexity index is 3430. The molecule has 4 heteroatoms. The zero-order valence-electron chi connectivity index (χ0n) is 39.2. The second kappa shape index (κ2) is 15.7. The molecule has 0 radical (unpaired) electrons. The Morgan fingerprint density at radius 1 is 0.515 bits per heavy atom. The van der Waals surface area contributed by atoms with E-state index >= 15 is 0 Å². The van der Waals surface area contributed by atoms with E-state index < -0.39 is 5.41 Å². The van der Waals surface area contributed by atoms with Crippen molar-refractivity contribution in [1.82, 2.24) is 14.5 Å². The normalized spacial score (nSPS) is 13.5. The second-order valence-electron chi connectivity index (χ2n) is 21.1. The van der Waals surface area contributed by atoms with E-state index in [1.165, 1.54) is 44.3 Å². The fraction of sp³-hybridized carbons (Fsp3) is 0.210. The van der Waals surface area contributed by atoms with Crippen LogP contribution in [0.25, 0.3) is 72.2 Å². The van der Waals surface area contributed by atoms with Crippen LogP contribution in [0, 0.1) is 12.1 Å². The molecule has 3 nitrogen and oxygen atoms in total. The largest absolute Gasteiger partial charge is 0.656 e. The van der Waals surface area contributed by atoms with E-state index in [2.05, 4.69) is 237 Å². The number of nitrogens with zero attached hydrogens (tertiary/aromatic N) is 3. The van der Waals surface area contributed by atoms with Gasteiger partial charge in [0.15, 0.2) is 0 Å². The van der Waals surface area contributed by atoms with Crippen molar-refractivity contribution in [1.29, 1.82) is 0 Å². The maximum Gasteiger partial charge on any atom is 0.143 e. The minimum absolute atomic E-state index is 0. The van der Waals surface area contributed by atoms with Crippen molar-refractivity contribution in [3.8, 4) is 39.3 Å². The third kappa shape index (κ3) is 6.84. The van der Waals surface area contributed by atoms with Crippen LogP contribution in [-0.2, 0) is 42.7 Å². The molecule has 0 spiro atoms. The van der Waals surface area contributed by atoms with E-state index in [0.717, 1.165) is 66.8 Å². The van der Waals surface area contributed by atoms with Gasteiger partial charge in [0, 0.05) is 37.7 Å². The van der Waals surface area contributed by atoms with Gasteiger partial charge in [-0.1, -0.05) is 165 Å². The van der Waals surface area contributed by atoms with E-state index in [0.29, 0.717) is 0 Å². The summed E-state index contributed by atoms with van der Waals surface area (Å²) >= 11 is 0. The van der Waals surface area contributed by atoms with Gasteiger partial charge < -0.3 is 4.98 Å². The van der Waals surface area contributed by atoms with Gasteiger partial charge in [0.1, 0.15) is 5.82 Å². The molecule has 0 fully saturated rings. The van der Waals surface area contributed by atoms with Crippen LogP contribution in [-0.4, -0.2) is 9.55 Å². The fourth-order valence-electron chi connectivity index (χ4n) is 10.3. The van der Waals surface area contributed by atoms with E-state index in [-0.39, 0.29) is 37.3 Å². The van der Waals surface area contributed by atoms with Gasteiger partial charge in [-0.2, -0.15) is 30.3 Å². The molecule has 0 unspecified atom stereocenters. The Balaban J connectivity index is 0.00000511. The first-order valence-electron chi connectivity index (χ1n) is 23.0. The van der Waals surface area contributed by atoms with Gasteiger partial charge >= 0.3 is 0 Å². The summed E-state index contributed by atoms with van der Waals surface area (Å²) in [5.74, 6) is 0.871. The van der Waals surface area contributed by atoms with Gasteiger partial charge in [0.25, 0.3) is 0 Å². The molecule has 2 aromatic heterocycles. The Labute approximate surface area is 404 Å². The SMILES string of the molecule is CC(C)(C)c1ccc(-n2c(-c3cc(C(C)(C)C)cc4c3[n-]c3ccc(C(C)(C)C)cc34)nc3c(-c4[c-]c(C5(c6[c-]cccc6)c6ccccc6-c6ccccc65)ccc4)cccc32)cc1.[Pt]. The van der Waals surface area contributed by atoms with E-state index in [1.54, 1.807) is 0 Å². The molecule has 0 N–H and O–H groups in total. The van der Waals surface area contributed by atoms with Crippen LogP contribution in [0.4, 0.5) is 0 Å². The standard InChI is InChI=1S/C62H54N3.Pt/c1-59(2,3)40-29-32-45(33-30-40)65-55-28-18-25-46(57(55)64-58(65)51-38-44(61(7,8)9)37-50-49-36-42(60(4,5)6)31-34-54(49)63-56(50)51)39-19-17-22-43(35-39)62(41-20-11-10-12-21-41)52-26-15-13-23-47(52)48-24-14-16-27-53(48)62;/h10-20,22-34,36-38H,1-9H3;/q-3;. The number of fused-ring (bicyclic) bond motifs is 7. The molecular weight excluding hydrogens is 982 g/mol. The first kappa shape index (κ1) is 43.6. The maximum atomic E-state index is 5.78. The van der Waals surface area contributed by atoms with Gasteiger partial charge in [0.05, 0.1) is 11.0 Å². The van der Waals surface area contributed by atoms with Crippen LogP contribution in [0.1, 0.15) is 101 Å². The Morgan fingerprint density at radius 2 is 1.11 bits per heavy atom. The second-order valence-corrected chi connectivity index (χ2v) is 21.1. The number of rotatable bonds is 5. The topological polar surface area (TPSA) is 31.9 Å². The van der Waals surface area contributed by atoms with Crippen LogP contribution < -0.4 is 4.98 Å². The Kier molecular flexibility index (Phi) is 10.4. The van der Waals surface area contributed by atoms with E-state index in [9.17, 15) is 0 Å². The first-order valence-corrected chi connectivity index (χ1v) is 23.0. The van der Waals surface area contributed by atoms with Crippen molar-refractivity contribution in [2.75, 3.05) is 0 Å². The molecule has 0 saturated carbocycles. The summed E-state index contributed by atoms with van der Waals surface area (Å²) in [4.78, 5) is 11.2. The summed E-state index contributed by atoms with van der Waals surface area (Å²) in [6.45, 7) is 20.5. The third-order valence-electron chi connectivity index (χ3n) is 13.8. The molecule has 66 heavy (non-hydrogen) atoms. The number of para-hydroxylation sites is 1. The van der Waals surface area contributed by atoms with Crippen LogP contribution in [0.2, 0.25) is 0 Å². The monoisotopic (exact) mass is 1040 g/mol. The predicted molar refractivity (Wildman–Crippen MR) is 271 cm³/mol. The third-order valence-corrected chi connectivity index (χ3v) is 13.8. The molecule has 0 aliphatic heterocycles. The molecule has 0 bridgehead atoms. The van der Waals surface area contributed by atoms with Crippen molar-refractivity contribution < 1.29 is 21.1 Å². The summed E-state index contributed by atoms with van der Waals surface area (Å²) in [6, 6.07) is 67.7. The van der Waals surface area contributed by atoms with E-state index in [1.807, 2.05) is 6.07 Å². The molecule has 8 aromatic carbocycles. The van der Waals surface area contributed by atoms with Crippen LogP contribution in [0.3, 0.4) is 0 Å². The van der Waals surface area contributed by atoms with Gasteiger partial charge in [-0.3, -0.25) is 4.57 Å². The number of imidazole rings is 1. The average molecular weight is 1040 g/mol. The van der Waals surface area contributed by atoms with Crippen molar-refractivity contribution >= 4 is 32.8 Å². The molecule has 1 aliphatic carbocycles. The average Bonchev–Trinajstić information content (AvgIpc) is 3.97. The van der Waals surface area contributed by atoms with Crippen LogP contribution in [0.15, 0.2) is 164 Å². The smallest absolute Gasteiger partial charge is 0.143 e. The van der Waals surface area contributed by atoms with Crippen molar-refractivity contribution in [2.45, 2.75) is 84.0 Å². The molecule has 11 rings (SSSR count). The zero-order chi connectivity index (χ0) is 45.0. The fourth-order valence-corrected chi connectivity index (χ4v) is 10.3. The van der Waals surface area contributed by atoms with Crippen molar-refractivity contribution in [3.05, 3.63) is 215 Å². The number of hydrogen-bond acceptors (Lipinski definition) is 1. The molecule has 10 aromatic rings. The molecule has 330 valence electrons. The first-order chi connectivity index (χ1) is 31.1. The number of aromatic nitrogens is 3. The van der Waals surface area contributed by atoms with Crippen LogP contribution >= 0.6 is 0 Å². The molecule has 0 atom stereocenters. The Morgan fingerprint density at radius 3 is 1.76 bits per heavy atom. The van der Waals surface area contributed by atoms with Crippen molar-refractivity contribution in [2.24, 2.45) is 0 Å². The summed E-state index contributed by atoms with van der Waals surface area (Å²) in [5.41, 5.74) is 18.3. The predicted octanol–water partition coefficient (Wildman–Crippen LogP) is 15.5. The number of hydrogen-bond donors (Lipinski definition) is 0. The summed E-state index contributed by atoms with van der Waals surface area (Å²) in [5, 5.41) is 2.35. The molecule has 0 amide bonds.